The zero-order chi connectivity index (χ0) is 19.4. The van der Waals surface area contributed by atoms with E-state index in [1.54, 1.807) is 24.3 Å². The molecule has 0 aliphatic heterocycles. The Bertz CT molecular complexity index is 897. The number of amides is 1. The highest BCUT2D eigenvalue weighted by Crippen LogP contribution is 2.27. The van der Waals surface area contributed by atoms with Gasteiger partial charge >= 0.3 is 0 Å². The van der Waals surface area contributed by atoms with Crippen molar-refractivity contribution in [1.29, 1.82) is 0 Å². The first kappa shape index (κ1) is 19.1. The van der Waals surface area contributed by atoms with E-state index in [0.717, 1.165) is 17.0 Å². The molecule has 0 spiro atoms. The first-order valence-electron chi connectivity index (χ1n) is 9.06. The smallest absolute Gasteiger partial charge is 0.257 e. The molecule has 0 aliphatic carbocycles. The van der Waals surface area contributed by atoms with Gasteiger partial charge < -0.3 is 4.74 Å². The van der Waals surface area contributed by atoms with E-state index in [4.69, 9.17) is 4.74 Å². The SMILES string of the molecule is CC(C)Oc1ccc(C(=O)Nc2nc(-c3ccc(C(C)C)cc3)cs2)cc1. The molecule has 0 radical (unpaired) electrons. The molecular weight excluding hydrogens is 356 g/mol. The van der Waals surface area contributed by atoms with E-state index in [2.05, 4.69) is 48.4 Å². The zero-order valence-corrected chi connectivity index (χ0v) is 16.8. The molecule has 1 aromatic heterocycles. The molecule has 0 saturated heterocycles. The summed E-state index contributed by atoms with van der Waals surface area (Å²) in [6.07, 6.45) is 0.105. The second kappa shape index (κ2) is 8.35. The molecule has 140 valence electrons. The number of ether oxygens (including phenoxy) is 1. The quantitative estimate of drug-likeness (QED) is 0.573. The van der Waals surface area contributed by atoms with Gasteiger partial charge in [0.1, 0.15) is 5.75 Å². The average Bonchev–Trinajstić information content (AvgIpc) is 3.10. The van der Waals surface area contributed by atoms with Gasteiger partial charge in [-0.15, -0.1) is 11.3 Å². The lowest BCUT2D eigenvalue weighted by Crippen LogP contribution is -2.12. The summed E-state index contributed by atoms with van der Waals surface area (Å²) in [5.74, 6) is 1.08. The summed E-state index contributed by atoms with van der Waals surface area (Å²) >= 11 is 1.42. The largest absolute Gasteiger partial charge is 0.491 e. The van der Waals surface area contributed by atoms with Gasteiger partial charge in [-0.05, 0) is 49.6 Å². The van der Waals surface area contributed by atoms with Crippen molar-refractivity contribution < 1.29 is 9.53 Å². The fourth-order valence-corrected chi connectivity index (χ4v) is 3.34. The summed E-state index contributed by atoms with van der Waals surface area (Å²) in [5, 5.41) is 5.41. The highest BCUT2D eigenvalue weighted by molar-refractivity contribution is 7.14. The van der Waals surface area contributed by atoms with Crippen molar-refractivity contribution in [3.63, 3.8) is 0 Å². The number of carbonyl (C=O) groups excluding carboxylic acids is 1. The minimum Gasteiger partial charge on any atom is -0.491 e. The molecule has 1 heterocycles. The number of aromatic nitrogens is 1. The Labute approximate surface area is 164 Å². The molecule has 4 nitrogen and oxygen atoms in total. The van der Waals surface area contributed by atoms with Crippen molar-refractivity contribution in [1.82, 2.24) is 4.98 Å². The van der Waals surface area contributed by atoms with Crippen molar-refractivity contribution in [3.05, 3.63) is 65.0 Å². The van der Waals surface area contributed by atoms with Crippen molar-refractivity contribution in [2.75, 3.05) is 5.32 Å². The van der Waals surface area contributed by atoms with Gasteiger partial charge in [-0.2, -0.15) is 0 Å². The number of rotatable bonds is 6. The Kier molecular flexibility index (Phi) is 5.91. The molecule has 0 aliphatic rings. The molecule has 1 amide bonds. The Morgan fingerprint density at radius 2 is 1.67 bits per heavy atom. The average molecular weight is 381 g/mol. The van der Waals surface area contributed by atoms with Crippen LogP contribution in [-0.2, 0) is 0 Å². The van der Waals surface area contributed by atoms with E-state index in [9.17, 15) is 4.79 Å². The number of nitrogens with one attached hydrogen (secondary N) is 1. The summed E-state index contributed by atoms with van der Waals surface area (Å²) in [6.45, 7) is 8.29. The fourth-order valence-electron chi connectivity index (χ4n) is 2.63. The summed E-state index contributed by atoms with van der Waals surface area (Å²) in [6, 6.07) is 15.5. The van der Waals surface area contributed by atoms with Crippen molar-refractivity contribution in [2.45, 2.75) is 39.7 Å². The van der Waals surface area contributed by atoms with Crippen LogP contribution in [0, 0.1) is 0 Å². The molecule has 5 heteroatoms. The number of hydrogen-bond donors (Lipinski definition) is 1. The lowest BCUT2D eigenvalue weighted by molar-refractivity contribution is 0.102. The van der Waals surface area contributed by atoms with Crippen LogP contribution in [-0.4, -0.2) is 17.0 Å². The summed E-state index contributed by atoms with van der Waals surface area (Å²) in [7, 11) is 0. The summed E-state index contributed by atoms with van der Waals surface area (Å²) in [5.41, 5.74) is 3.79. The minimum atomic E-state index is -0.179. The van der Waals surface area contributed by atoms with Crippen LogP contribution in [0.5, 0.6) is 5.75 Å². The number of thiazole rings is 1. The fraction of sp³-hybridized carbons (Fsp3) is 0.273. The minimum absolute atomic E-state index is 0.105. The number of anilines is 1. The molecule has 0 atom stereocenters. The predicted molar refractivity (Wildman–Crippen MR) is 112 cm³/mol. The predicted octanol–water partition coefficient (Wildman–Crippen LogP) is 5.97. The maximum Gasteiger partial charge on any atom is 0.257 e. The lowest BCUT2D eigenvalue weighted by atomic mass is 10.0. The number of nitrogens with zero attached hydrogens (tertiary/aromatic N) is 1. The van der Waals surface area contributed by atoms with E-state index in [-0.39, 0.29) is 12.0 Å². The molecule has 2 aromatic carbocycles. The van der Waals surface area contributed by atoms with Gasteiger partial charge in [0, 0.05) is 16.5 Å². The summed E-state index contributed by atoms with van der Waals surface area (Å²) in [4.78, 5) is 17.0. The van der Waals surface area contributed by atoms with E-state index in [0.29, 0.717) is 16.6 Å². The third-order valence-electron chi connectivity index (χ3n) is 4.09. The van der Waals surface area contributed by atoms with Crippen molar-refractivity contribution in [2.24, 2.45) is 0 Å². The van der Waals surface area contributed by atoms with Crippen molar-refractivity contribution >= 4 is 22.4 Å². The van der Waals surface area contributed by atoms with Gasteiger partial charge in [-0.1, -0.05) is 38.1 Å². The first-order chi connectivity index (χ1) is 12.9. The van der Waals surface area contributed by atoms with Gasteiger partial charge in [0.05, 0.1) is 11.8 Å². The van der Waals surface area contributed by atoms with Gasteiger partial charge in [0.2, 0.25) is 0 Å². The van der Waals surface area contributed by atoms with Crippen LogP contribution >= 0.6 is 11.3 Å². The van der Waals surface area contributed by atoms with Crippen LogP contribution in [0.15, 0.2) is 53.9 Å². The van der Waals surface area contributed by atoms with Crippen molar-refractivity contribution in [3.8, 4) is 17.0 Å². The highest BCUT2D eigenvalue weighted by atomic mass is 32.1. The number of hydrogen-bond acceptors (Lipinski definition) is 4. The molecule has 0 unspecified atom stereocenters. The molecular formula is C22H24N2O2S. The van der Waals surface area contributed by atoms with E-state index >= 15 is 0 Å². The maximum absolute atomic E-state index is 12.4. The second-order valence-electron chi connectivity index (χ2n) is 6.96. The summed E-state index contributed by atoms with van der Waals surface area (Å²) < 4.78 is 5.60. The molecule has 0 bridgehead atoms. The number of carbonyl (C=O) groups is 1. The van der Waals surface area contributed by atoms with Crippen LogP contribution in [0.25, 0.3) is 11.3 Å². The Morgan fingerprint density at radius 1 is 1.00 bits per heavy atom. The number of benzene rings is 2. The van der Waals surface area contributed by atoms with Crippen LogP contribution < -0.4 is 10.1 Å². The molecule has 3 rings (SSSR count). The topological polar surface area (TPSA) is 51.2 Å². The van der Waals surface area contributed by atoms with E-state index in [1.807, 2.05) is 19.2 Å². The van der Waals surface area contributed by atoms with Crippen LogP contribution in [0.3, 0.4) is 0 Å². The third kappa shape index (κ3) is 4.95. The normalized spacial score (nSPS) is 11.0. The maximum atomic E-state index is 12.4. The van der Waals surface area contributed by atoms with Crippen LogP contribution in [0.2, 0.25) is 0 Å². The van der Waals surface area contributed by atoms with E-state index in [1.165, 1.54) is 16.9 Å². The van der Waals surface area contributed by atoms with Gasteiger partial charge in [0.15, 0.2) is 5.13 Å². The Balaban J connectivity index is 1.67. The van der Waals surface area contributed by atoms with Crippen LogP contribution in [0.4, 0.5) is 5.13 Å². The molecule has 0 saturated carbocycles. The van der Waals surface area contributed by atoms with Gasteiger partial charge in [0.25, 0.3) is 5.91 Å². The van der Waals surface area contributed by atoms with Gasteiger partial charge in [-0.25, -0.2) is 4.98 Å². The molecule has 0 fully saturated rings. The van der Waals surface area contributed by atoms with E-state index < -0.39 is 0 Å². The Hall–Kier alpha value is -2.66. The molecule has 1 N–H and O–H groups in total. The van der Waals surface area contributed by atoms with Crippen LogP contribution in [0.1, 0.15) is 49.5 Å². The molecule has 3 aromatic rings. The lowest BCUT2D eigenvalue weighted by Gasteiger charge is -2.09. The molecule has 27 heavy (non-hydrogen) atoms. The second-order valence-corrected chi connectivity index (χ2v) is 7.82. The first-order valence-corrected chi connectivity index (χ1v) is 9.94. The monoisotopic (exact) mass is 380 g/mol. The third-order valence-corrected chi connectivity index (χ3v) is 4.84. The highest BCUT2D eigenvalue weighted by Gasteiger charge is 2.11. The Morgan fingerprint density at radius 3 is 2.26 bits per heavy atom. The standard InChI is InChI=1S/C22H24N2O2S/c1-14(2)16-5-7-17(8-6-16)20-13-27-22(23-20)24-21(25)18-9-11-19(12-10-18)26-15(3)4/h5-15H,1-4H3,(H,23,24,25). The zero-order valence-electron chi connectivity index (χ0n) is 16.0. The van der Waals surface area contributed by atoms with Gasteiger partial charge in [-0.3, -0.25) is 10.1 Å².